The number of benzene rings is 1. The van der Waals surface area contributed by atoms with Gasteiger partial charge in [0.15, 0.2) is 23.1 Å². The molecule has 1 amide bonds. The summed E-state index contributed by atoms with van der Waals surface area (Å²) in [6.45, 7) is 0. The lowest BCUT2D eigenvalue weighted by atomic mass is 10.1. The molecule has 3 rings (SSSR count). The molecule has 7 heteroatoms. The minimum Gasteiger partial charge on any atom is -0.348 e. The summed E-state index contributed by atoms with van der Waals surface area (Å²) in [5.74, 6) is -1.75. The van der Waals surface area contributed by atoms with Crippen LogP contribution in [0.3, 0.4) is 0 Å². The van der Waals surface area contributed by atoms with Crippen LogP contribution in [-0.4, -0.2) is 22.1 Å². The Morgan fingerprint density at radius 2 is 1.72 bits per heavy atom. The summed E-state index contributed by atoms with van der Waals surface area (Å²) in [6, 6.07) is 6.78. The maximum absolute atomic E-state index is 13.2. The van der Waals surface area contributed by atoms with E-state index in [2.05, 4.69) is 20.8 Å². The molecule has 2 aromatic rings. The fourth-order valence-electron chi connectivity index (χ4n) is 2.92. The van der Waals surface area contributed by atoms with Gasteiger partial charge in [0, 0.05) is 17.8 Å². The average molecular weight is 346 g/mol. The van der Waals surface area contributed by atoms with Gasteiger partial charge in [-0.2, -0.15) is 0 Å². The van der Waals surface area contributed by atoms with E-state index in [9.17, 15) is 13.6 Å². The van der Waals surface area contributed by atoms with E-state index >= 15 is 0 Å². The average Bonchev–Trinajstić information content (AvgIpc) is 2.87. The molecule has 0 unspecified atom stereocenters. The molecule has 1 aromatic heterocycles. The van der Waals surface area contributed by atoms with Gasteiger partial charge < -0.3 is 10.6 Å². The number of hydrogen-bond acceptors (Lipinski definition) is 4. The van der Waals surface area contributed by atoms with Crippen LogP contribution in [0.15, 0.2) is 30.3 Å². The van der Waals surface area contributed by atoms with Crippen LogP contribution in [0.5, 0.6) is 0 Å². The second-order valence-corrected chi connectivity index (χ2v) is 6.22. The quantitative estimate of drug-likeness (QED) is 0.823. The Morgan fingerprint density at radius 1 is 0.960 bits per heavy atom. The zero-order valence-corrected chi connectivity index (χ0v) is 13.8. The maximum atomic E-state index is 13.2. The first kappa shape index (κ1) is 17.3. The van der Waals surface area contributed by atoms with Crippen molar-refractivity contribution in [3.05, 3.63) is 47.7 Å². The number of amides is 1. The predicted octanol–water partition coefficient (Wildman–Crippen LogP) is 3.95. The van der Waals surface area contributed by atoms with E-state index in [0.717, 1.165) is 37.8 Å². The molecule has 1 aromatic carbocycles. The van der Waals surface area contributed by atoms with Gasteiger partial charge in [0.25, 0.3) is 5.91 Å². The highest BCUT2D eigenvalue weighted by atomic mass is 19.2. The molecule has 1 heterocycles. The highest BCUT2D eigenvalue weighted by Crippen LogP contribution is 2.19. The van der Waals surface area contributed by atoms with Crippen molar-refractivity contribution in [1.29, 1.82) is 0 Å². The number of anilines is 2. The number of carbonyl (C=O) groups is 1. The smallest absolute Gasteiger partial charge is 0.272 e. The van der Waals surface area contributed by atoms with Gasteiger partial charge in [0.2, 0.25) is 0 Å². The van der Waals surface area contributed by atoms with Crippen molar-refractivity contribution in [2.24, 2.45) is 0 Å². The molecule has 0 aliphatic heterocycles. The number of rotatable bonds is 4. The largest absolute Gasteiger partial charge is 0.348 e. The van der Waals surface area contributed by atoms with Crippen LogP contribution in [0.2, 0.25) is 0 Å². The van der Waals surface area contributed by atoms with Crippen LogP contribution in [0.1, 0.15) is 49.0 Å². The lowest BCUT2D eigenvalue weighted by Crippen LogP contribution is -2.35. The lowest BCUT2D eigenvalue weighted by molar-refractivity contribution is 0.0927. The summed E-state index contributed by atoms with van der Waals surface area (Å²) in [7, 11) is 0. The molecular weight excluding hydrogens is 326 g/mol. The van der Waals surface area contributed by atoms with Crippen LogP contribution in [-0.2, 0) is 0 Å². The number of nitrogens with zero attached hydrogens (tertiary/aromatic N) is 2. The number of carbonyl (C=O) groups excluding carboxylic acids is 1. The number of hydrogen-bond donors (Lipinski definition) is 2. The molecular formula is C18H20F2N4O. The Hall–Kier alpha value is -2.57. The second-order valence-electron chi connectivity index (χ2n) is 6.22. The van der Waals surface area contributed by atoms with Crippen LogP contribution < -0.4 is 10.6 Å². The van der Waals surface area contributed by atoms with Crippen molar-refractivity contribution in [3.63, 3.8) is 0 Å². The Labute approximate surface area is 144 Å². The third-order valence-electron chi connectivity index (χ3n) is 4.28. The van der Waals surface area contributed by atoms with Crippen molar-refractivity contribution in [2.75, 3.05) is 5.32 Å². The molecule has 1 saturated carbocycles. The number of nitrogens with one attached hydrogen (secondary N) is 2. The fourth-order valence-corrected chi connectivity index (χ4v) is 2.92. The highest BCUT2D eigenvalue weighted by Gasteiger charge is 2.17. The van der Waals surface area contributed by atoms with E-state index < -0.39 is 11.6 Å². The molecule has 25 heavy (non-hydrogen) atoms. The third-order valence-corrected chi connectivity index (χ3v) is 4.28. The molecule has 2 N–H and O–H groups in total. The summed E-state index contributed by atoms with van der Waals surface area (Å²) < 4.78 is 26.1. The lowest BCUT2D eigenvalue weighted by Gasteiger charge is -2.15. The van der Waals surface area contributed by atoms with Gasteiger partial charge >= 0.3 is 0 Å². The molecule has 1 aliphatic rings. The Balaban J connectivity index is 1.60. The van der Waals surface area contributed by atoms with Crippen molar-refractivity contribution in [3.8, 4) is 0 Å². The zero-order chi connectivity index (χ0) is 17.6. The molecule has 1 fully saturated rings. The SMILES string of the molecule is O=C(NC1CCCCCC1)c1ccc(Nc2ccc(F)c(F)c2)nn1. The molecule has 0 spiro atoms. The molecule has 0 atom stereocenters. The fraction of sp³-hybridized carbons (Fsp3) is 0.389. The molecule has 0 bridgehead atoms. The molecule has 132 valence electrons. The van der Waals surface area contributed by atoms with Crippen LogP contribution in [0, 0.1) is 11.6 Å². The van der Waals surface area contributed by atoms with Gasteiger partial charge in [0.1, 0.15) is 0 Å². The normalized spacial score (nSPS) is 15.4. The standard InChI is InChI=1S/C18H20F2N4O/c19-14-8-7-13(11-15(14)20)21-17-10-9-16(23-24-17)18(25)22-12-5-3-1-2-4-6-12/h7-12H,1-6H2,(H,21,24)(H,22,25). The molecule has 5 nitrogen and oxygen atoms in total. The van der Waals surface area contributed by atoms with E-state index in [1.165, 1.54) is 18.9 Å². The van der Waals surface area contributed by atoms with Gasteiger partial charge in [-0.25, -0.2) is 8.78 Å². The monoisotopic (exact) mass is 346 g/mol. The second kappa shape index (κ2) is 8.00. The number of halogens is 2. The first-order chi connectivity index (χ1) is 12.1. The van der Waals surface area contributed by atoms with Crippen molar-refractivity contribution in [1.82, 2.24) is 15.5 Å². The summed E-state index contributed by atoms with van der Waals surface area (Å²) >= 11 is 0. The highest BCUT2D eigenvalue weighted by molar-refractivity contribution is 5.92. The maximum Gasteiger partial charge on any atom is 0.272 e. The minimum absolute atomic E-state index is 0.191. The number of aromatic nitrogens is 2. The van der Waals surface area contributed by atoms with Crippen LogP contribution in [0.4, 0.5) is 20.3 Å². The topological polar surface area (TPSA) is 66.9 Å². The van der Waals surface area contributed by atoms with Gasteiger partial charge in [-0.1, -0.05) is 25.7 Å². The van der Waals surface area contributed by atoms with E-state index in [0.29, 0.717) is 11.5 Å². The molecule has 1 aliphatic carbocycles. The molecule has 0 saturated heterocycles. The summed E-state index contributed by atoms with van der Waals surface area (Å²) in [4.78, 5) is 12.3. The first-order valence-electron chi connectivity index (χ1n) is 8.48. The van der Waals surface area contributed by atoms with Gasteiger partial charge in [-0.15, -0.1) is 10.2 Å². The van der Waals surface area contributed by atoms with Gasteiger partial charge in [0.05, 0.1) is 0 Å². The Bertz CT molecular complexity index is 728. The van der Waals surface area contributed by atoms with E-state index in [1.807, 2.05) is 0 Å². The van der Waals surface area contributed by atoms with Crippen LogP contribution >= 0.6 is 0 Å². The Morgan fingerprint density at radius 3 is 2.36 bits per heavy atom. The Kier molecular flexibility index (Phi) is 5.53. The third kappa shape index (κ3) is 4.71. The first-order valence-corrected chi connectivity index (χ1v) is 8.48. The van der Waals surface area contributed by atoms with Gasteiger partial charge in [-0.05, 0) is 37.1 Å². The van der Waals surface area contributed by atoms with Gasteiger partial charge in [-0.3, -0.25) is 4.79 Å². The van der Waals surface area contributed by atoms with Crippen LogP contribution in [0.25, 0.3) is 0 Å². The zero-order valence-electron chi connectivity index (χ0n) is 13.8. The summed E-state index contributed by atoms with van der Waals surface area (Å²) in [6.07, 6.45) is 6.69. The molecule has 0 radical (unpaired) electrons. The van der Waals surface area contributed by atoms with Crippen molar-refractivity contribution >= 4 is 17.4 Å². The van der Waals surface area contributed by atoms with E-state index in [1.54, 1.807) is 12.1 Å². The van der Waals surface area contributed by atoms with E-state index in [-0.39, 0.29) is 17.6 Å². The van der Waals surface area contributed by atoms with E-state index in [4.69, 9.17) is 0 Å². The van der Waals surface area contributed by atoms with Crippen molar-refractivity contribution < 1.29 is 13.6 Å². The van der Waals surface area contributed by atoms with Crippen molar-refractivity contribution in [2.45, 2.75) is 44.6 Å². The summed E-state index contributed by atoms with van der Waals surface area (Å²) in [5.41, 5.74) is 0.587. The predicted molar refractivity (Wildman–Crippen MR) is 90.6 cm³/mol. The summed E-state index contributed by atoms with van der Waals surface area (Å²) in [5, 5.41) is 13.7. The minimum atomic E-state index is -0.947.